The molecule has 0 aliphatic carbocycles. The highest BCUT2D eigenvalue weighted by Crippen LogP contribution is 2.25. The molecule has 2 aromatic rings. The first-order chi connectivity index (χ1) is 10.3. The van der Waals surface area contributed by atoms with Crippen molar-refractivity contribution in [1.29, 1.82) is 0 Å². The van der Waals surface area contributed by atoms with E-state index < -0.39 is 25.6 Å². The molecule has 0 saturated carbocycles. The molecule has 2 rings (SSSR count). The highest BCUT2D eigenvalue weighted by Gasteiger charge is 2.15. The van der Waals surface area contributed by atoms with Crippen molar-refractivity contribution in [2.75, 3.05) is 0 Å². The lowest BCUT2D eigenvalue weighted by molar-refractivity contribution is -0.384. The highest BCUT2D eigenvalue weighted by atomic mass is 32.3. The fourth-order valence-corrected chi connectivity index (χ4v) is 4.47. The molecule has 0 aromatic heterocycles. The van der Waals surface area contributed by atoms with E-state index in [1.54, 1.807) is 12.1 Å². The molecule has 0 aliphatic heterocycles. The summed E-state index contributed by atoms with van der Waals surface area (Å²) in [5, 5.41) is 10.6. The first-order valence-electron chi connectivity index (χ1n) is 6.17. The first-order valence-corrected chi connectivity index (χ1v) is 9.05. The van der Waals surface area contributed by atoms with Crippen LogP contribution >= 0.6 is 10.7 Å². The quantitative estimate of drug-likeness (QED) is 0.516. The van der Waals surface area contributed by atoms with Crippen LogP contribution in [0.3, 0.4) is 0 Å². The minimum absolute atomic E-state index is 0.0536. The molecule has 0 amide bonds. The molecule has 2 aromatic carbocycles. The number of nitrogens with one attached hydrogen (secondary N) is 1. The van der Waals surface area contributed by atoms with Crippen molar-refractivity contribution >= 4 is 32.3 Å². The van der Waals surface area contributed by atoms with Crippen molar-refractivity contribution in [3.63, 3.8) is 0 Å². The Morgan fingerprint density at radius 2 is 1.64 bits per heavy atom. The van der Waals surface area contributed by atoms with Gasteiger partial charge in [0.1, 0.15) is 0 Å². The van der Waals surface area contributed by atoms with E-state index in [1.807, 2.05) is 6.92 Å². The molecule has 0 heterocycles. The van der Waals surface area contributed by atoms with Crippen LogP contribution in [0.4, 0.5) is 5.69 Å². The van der Waals surface area contributed by atoms with Gasteiger partial charge >= 0.3 is 0 Å². The summed E-state index contributed by atoms with van der Waals surface area (Å²) in [6.45, 7) is 1.87. The molecular formula is C14H14N2O4S2. The van der Waals surface area contributed by atoms with E-state index in [9.17, 15) is 18.5 Å². The van der Waals surface area contributed by atoms with E-state index in [0.717, 1.165) is 5.56 Å². The molecule has 0 bridgehead atoms. The summed E-state index contributed by atoms with van der Waals surface area (Å²) in [6, 6.07) is 12.1. The monoisotopic (exact) mass is 338 g/mol. The zero-order chi connectivity index (χ0) is 16.3. The van der Waals surface area contributed by atoms with Gasteiger partial charge in [-0.1, -0.05) is 34.2 Å². The predicted molar refractivity (Wildman–Crippen MR) is 87.6 cm³/mol. The zero-order valence-corrected chi connectivity index (χ0v) is 13.4. The average Bonchev–Trinajstić information content (AvgIpc) is 2.47. The van der Waals surface area contributed by atoms with E-state index in [2.05, 4.69) is 10.00 Å². The van der Waals surface area contributed by atoms with Crippen molar-refractivity contribution in [2.24, 2.45) is 0 Å². The topological polar surface area (TPSA) is 89.3 Å². The van der Waals surface area contributed by atoms with Crippen LogP contribution in [-0.2, 0) is 10.0 Å². The predicted octanol–water partition coefficient (Wildman–Crippen LogP) is 2.86. The van der Waals surface area contributed by atoms with E-state index in [-0.39, 0.29) is 10.6 Å². The summed E-state index contributed by atoms with van der Waals surface area (Å²) in [6.07, 6.45) is 0. The van der Waals surface area contributed by atoms with Crippen LogP contribution in [0.25, 0.3) is 0 Å². The Morgan fingerprint density at radius 3 is 2.14 bits per heavy atom. The Hall–Kier alpha value is -2.03. The lowest BCUT2D eigenvalue weighted by atomic mass is 10.2. The highest BCUT2D eigenvalue weighted by molar-refractivity contribution is 8.19. The summed E-state index contributed by atoms with van der Waals surface area (Å²) >= 11 is 0. The standard InChI is InChI=1S/C14H14N2O4S2/c1-11-3-9-14(10-4-11)22(19,20)15-21(2)13-7-5-12(6-8-13)16(17)18/h3-10,15H,2H2,1H3. The molecule has 0 radical (unpaired) electrons. The fraction of sp³-hybridized carbons (Fsp3) is 0.0714. The van der Waals surface area contributed by atoms with Crippen LogP contribution in [0, 0.1) is 17.0 Å². The van der Waals surface area contributed by atoms with Crippen LogP contribution in [0.15, 0.2) is 58.3 Å². The second kappa shape index (κ2) is 6.39. The molecule has 116 valence electrons. The second-order valence-electron chi connectivity index (χ2n) is 4.54. The van der Waals surface area contributed by atoms with Gasteiger partial charge in [0.15, 0.2) is 0 Å². The molecule has 1 N–H and O–H groups in total. The van der Waals surface area contributed by atoms with Crippen molar-refractivity contribution in [2.45, 2.75) is 16.7 Å². The number of hydrogen-bond donors (Lipinski definition) is 1. The number of nitro groups is 1. The largest absolute Gasteiger partial charge is 0.269 e. The van der Waals surface area contributed by atoms with Crippen molar-refractivity contribution in [1.82, 2.24) is 4.13 Å². The van der Waals surface area contributed by atoms with Crippen molar-refractivity contribution in [3.05, 3.63) is 64.2 Å². The Kier molecular flexibility index (Phi) is 4.74. The van der Waals surface area contributed by atoms with Gasteiger partial charge in [0.05, 0.1) is 9.82 Å². The van der Waals surface area contributed by atoms with Gasteiger partial charge in [-0.25, -0.2) is 8.42 Å². The van der Waals surface area contributed by atoms with Gasteiger partial charge < -0.3 is 0 Å². The summed E-state index contributed by atoms with van der Waals surface area (Å²) in [5.74, 6) is 3.78. The molecule has 6 nitrogen and oxygen atoms in total. The maximum Gasteiger partial charge on any atom is 0.269 e. The first kappa shape index (κ1) is 16.3. The lowest BCUT2D eigenvalue weighted by Gasteiger charge is -2.10. The smallest absolute Gasteiger partial charge is 0.258 e. The van der Waals surface area contributed by atoms with Gasteiger partial charge in [0.25, 0.3) is 5.69 Å². The van der Waals surface area contributed by atoms with Gasteiger partial charge in [0.2, 0.25) is 10.0 Å². The summed E-state index contributed by atoms with van der Waals surface area (Å²) in [5.41, 5.74) is 0.907. The van der Waals surface area contributed by atoms with E-state index >= 15 is 0 Å². The zero-order valence-electron chi connectivity index (χ0n) is 11.7. The molecule has 8 heteroatoms. The van der Waals surface area contributed by atoms with Crippen LogP contribution in [0.2, 0.25) is 0 Å². The van der Waals surface area contributed by atoms with Gasteiger partial charge in [-0.2, -0.15) is 4.13 Å². The number of benzene rings is 2. The number of nitrogens with zero attached hydrogens (tertiary/aromatic N) is 1. The molecule has 1 unspecified atom stereocenters. The molecule has 0 aliphatic rings. The molecule has 0 fully saturated rings. The summed E-state index contributed by atoms with van der Waals surface area (Å²) in [7, 11) is -4.73. The van der Waals surface area contributed by atoms with E-state index in [0.29, 0.717) is 4.90 Å². The van der Waals surface area contributed by atoms with Crippen LogP contribution < -0.4 is 4.13 Å². The van der Waals surface area contributed by atoms with E-state index in [1.165, 1.54) is 36.4 Å². The Balaban J connectivity index is 2.20. The number of non-ortho nitro benzene ring substituents is 1. The number of hydrogen-bond acceptors (Lipinski definition) is 4. The normalized spacial score (nSPS) is 12.8. The van der Waals surface area contributed by atoms with Gasteiger partial charge in [-0.3, -0.25) is 10.1 Å². The molecule has 0 spiro atoms. The Morgan fingerprint density at radius 1 is 1.09 bits per heavy atom. The maximum atomic E-state index is 12.2. The van der Waals surface area contributed by atoms with Crippen LogP contribution in [0.5, 0.6) is 0 Å². The number of rotatable bonds is 5. The van der Waals surface area contributed by atoms with Crippen LogP contribution in [-0.4, -0.2) is 19.2 Å². The Bertz CT molecular complexity index is 813. The maximum absolute atomic E-state index is 12.2. The Labute approximate surface area is 131 Å². The molecular weight excluding hydrogens is 324 g/mol. The third kappa shape index (κ3) is 3.79. The van der Waals surface area contributed by atoms with Gasteiger partial charge in [-0.05, 0) is 31.2 Å². The SMILES string of the molecule is C=S(NS(=O)(=O)c1ccc(C)cc1)c1ccc([N+](=O)[O-])cc1. The molecule has 0 saturated heterocycles. The minimum atomic E-state index is -3.68. The van der Waals surface area contributed by atoms with Crippen molar-refractivity contribution < 1.29 is 13.3 Å². The van der Waals surface area contributed by atoms with Crippen LogP contribution in [0.1, 0.15) is 5.56 Å². The number of aryl methyl sites for hydroxylation is 1. The third-order valence-electron chi connectivity index (χ3n) is 2.87. The fourth-order valence-electron chi connectivity index (χ4n) is 1.68. The number of sulfonamides is 1. The third-order valence-corrected chi connectivity index (χ3v) is 6.29. The number of nitro benzene ring substituents is 1. The van der Waals surface area contributed by atoms with E-state index in [4.69, 9.17) is 0 Å². The summed E-state index contributed by atoms with van der Waals surface area (Å²) < 4.78 is 27.0. The van der Waals surface area contributed by atoms with Gasteiger partial charge in [0, 0.05) is 17.0 Å². The summed E-state index contributed by atoms with van der Waals surface area (Å²) in [4.78, 5) is 10.8. The second-order valence-corrected chi connectivity index (χ2v) is 7.94. The average molecular weight is 338 g/mol. The lowest BCUT2D eigenvalue weighted by Crippen LogP contribution is -2.18. The van der Waals surface area contributed by atoms with Gasteiger partial charge in [-0.15, -0.1) is 0 Å². The minimum Gasteiger partial charge on any atom is -0.258 e. The molecule has 22 heavy (non-hydrogen) atoms. The molecule has 1 atom stereocenters. The van der Waals surface area contributed by atoms with Crippen molar-refractivity contribution in [3.8, 4) is 0 Å².